The fourth-order valence-electron chi connectivity index (χ4n) is 6.26. The summed E-state index contributed by atoms with van der Waals surface area (Å²) in [5.74, 6) is -4.64. The lowest BCUT2D eigenvalue weighted by molar-refractivity contribution is -0.177. The van der Waals surface area contributed by atoms with Gasteiger partial charge in [-0.05, 0) is 48.6 Å². The van der Waals surface area contributed by atoms with Crippen molar-refractivity contribution in [2.75, 3.05) is 14.2 Å². The number of carboxylic acid groups (broad SMARTS) is 2. The summed E-state index contributed by atoms with van der Waals surface area (Å²) < 4.78 is 11.2. The molecule has 4 unspecified atom stereocenters. The van der Waals surface area contributed by atoms with E-state index < -0.39 is 41.5 Å². The molecule has 4 rings (SSSR count). The van der Waals surface area contributed by atoms with Gasteiger partial charge in [-0.2, -0.15) is 0 Å². The van der Waals surface area contributed by atoms with E-state index >= 15 is 0 Å². The van der Waals surface area contributed by atoms with Gasteiger partial charge in [0.25, 0.3) is 0 Å². The van der Waals surface area contributed by atoms with Crippen LogP contribution >= 0.6 is 11.6 Å². The minimum absolute atomic E-state index is 0.0996. The molecule has 0 amide bonds. The molecule has 3 aromatic carbocycles. The first-order valence-corrected chi connectivity index (χ1v) is 13.5. The van der Waals surface area contributed by atoms with Gasteiger partial charge in [0.1, 0.15) is 17.4 Å². The Labute approximate surface area is 239 Å². The zero-order valence-electron chi connectivity index (χ0n) is 22.7. The molecule has 2 N–H and O–H groups in total. The highest BCUT2D eigenvalue weighted by molar-refractivity contribution is 6.30. The van der Waals surface area contributed by atoms with E-state index in [0.29, 0.717) is 22.7 Å². The van der Waals surface area contributed by atoms with Gasteiger partial charge in [0, 0.05) is 36.8 Å². The smallest absolute Gasteiger partial charge is 0.312 e. The first-order valence-electron chi connectivity index (χ1n) is 13.2. The molecule has 4 atom stereocenters. The molecule has 210 valence electrons. The molecule has 0 saturated carbocycles. The van der Waals surface area contributed by atoms with Crippen molar-refractivity contribution in [1.29, 1.82) is 0 Å². The number of carbonyl (C=O) groups is 2. The highest BCUT2D eigenvalue weighted by Crippen LogP contribution is 2.54. The van der Waals surface area contributed by atoms with Gasteiger partial charge in [0.2, 0.25) is 0 Å². The lowest BCUT2D eigenvalue weighted by Crippen LogP contribution is -2.59. The van der Waals surface area contributed by atoms with E-state index in [2.05, 4.69) is 0 Å². The zero-order valence-corrected chi connectivity index (χ0v) is 23.5. The highest BCUT2D eigenvalue weighted by Gasteiger charge is 2.61. The van der Waals surface area contributed by atoms with Crippen molar-refractivity contribution in [2.24, 2.45) is 16.3 Å². The van der Waals surface area contributed by atoms with Crippen LogP contribution in [0.1, 0.15) is 48.3 Å². The Bertz CT molecular complexity index is 1300. The Hall–Kier alpha value is -3.52. The minimum Gasteiger partial charge on any atom is -0.481 e. The van der Waals surface area contributed by atoms with E-state index in [-0.39, 0.29) is 12.3 Å². The molecule has 0 radical (unpaired) electrons. The van der Waals surface area contributed by atoms with Crippen LogP contribution in [0.15, 0.2) is 89.9 Å². The number of hydrogen-bond acceptors (Lipinski definition) is 5. The van der Waals surface area contributed by atoms with Crippen molar-refractivity contribution < 1.29 is 29.3 Å². The van der Waals surface area contributed by atoms with E-state index in [9.17, 15) is 19.8 Å². The number of rotatable bonds is 11. The van der Waals surface area contributed by atoms with E-state index in [1.54, 1.807) is 31.2 Å². The predicted octanol–water partition coefficient (Wildman–Crippen LogP) is 6.27. The molecular formula is C32H34ClNO6. The average Bonchev–Trinajstić information content (AvgIpc) is 2.95. The number of carboxylic acids is 2. The first kappa shape index (κ1) is 29.5. The third kappa shape index (κ3) is 5.68. The Balaban J connectivity index is 1.94. The standard InChI is InChI=1S/C32H34ClNO6/c1-20-26(29(35)36)27(23-15-10-16-24(33)19-23)32(31(37)38,28(34-20)30(39-2)40-3)18-17-25(21-11-6-4-7-12-21)22-13-8-5-9-14-22/h4-16,19,25-28,30H,17-18H2,1-3H3,(H,35,36)(H,37,38). The molecule has 0 fully saturated rings. The Morgan fingerprint density at radius 2 is 1.50 bits per heavy atom. The quantitative estimate of drug-likeness (QED) is 0.266. The van der Waals surface area contributed by atoms with Crippen molar-refractivity contribution in [3.05, 3.63) is 107 Å². The molecular weight excluding hydrogens is 530 g/mol. The van der Waals surface area contributed by atoms with Crippen LogP contribution in [0, 0.1) is 11.3 Å². The van der Waals surface area contributed by atoms with Crippen LogP contribution in [0.3, 0.4) is 0 Å². The number of benzene rings is 3. The number of aliphatic carboxylic acids is 2. The molecule has 0 aliphatic carbocycles. The molecule has 40 heavy (non-hydrogen) atoms. The van der Waals surface area contributed by atoms with Crippen LogP contribution in [0.4, 0.5) is 0 Å². The van der Waals surface area contributed by atoms with Crippen molar-refractivity contribution in [1.82, 2.24) is 0 Å². The fraction of sp³-hybridized carbons (Fsp3) is 0.344. The maximum absolute atomic E-state index is 13.6. The number of aliphatic imine (C=N–C) groups is 1. The number of methoxy groups -OCH3 is 2. The Morgan fingerprint density at radius 1 is 0.925 bits per heavy atom. The molecule has 7 nitrogen and oxygen atoms in total. The zero-order chi connectivity index (χ0) is 28.9. The Kier molecular flexibility index (Phi) is 9.40. The summed E-state index contributed by atoms with van der Waals surface area (Å²) in [4.78, 5) is 31.1. The molecule has 0 aromatic heterocycles. The second-order valence-corrected chi connectivity index (χ2v) is 10.6. The molecule has 0 saturated heterocycles. The monoisotopic (exact) mass is 563 g/mol. The number of nitrogens with zero attached hydrogens (tertiary/aromatic N) is 1. The summed E-state index contributed by atoms with van der Waals surface area (Å²) in [6.07, 6.45) is -0.508. The van der Waals surface area contributed by atoms with Crippen molar-refractivity contribution in [3.63, 3.8) is 0 Å². The molecule has 1 aliphatic heterocycles. The van der Waals surface area contributed by atoms with E-state index in [1.165, 1.54) is 14.2 Å². The summed E-state index contributed by atoms with van der Waals surface area (Å²) in [6, 6.07) is 25.5. The largest absolute Gasteiger partial charge is 0.481 e. The maximum atomic E-state index is 13.6. The SMILES string of the molecule is COC(OC)C1N=C(C)C(C(=O)O)C(c2cccc(Cl)c2)C1(CCC(c1ccccc1)c1ccccc1)C(=O)O. The maximum Gasteiger partial charge on any atom is 0.312 e. The van der Waals surface area contributed by atoms with Crippen LogP contribution in [-0.2, 0) is 19.1 Å². The van der Waals surface area contributed by atoms with Crippen molar-refractivity contribution in [2.45, 2.75) is 43.9 Å². The topological polar surface area (TPSA) is 105 Å². The summed E-state index contributed by atoms with van der Waals surface area (Å²) >= 11 is 6.37. The molecule has 3 aromatic rings. The van der Waals surface area contributed by atoms with Crippen LogP contribution < -0.4 is 0 Å². The number of hydrogen-bond donors (Lipinski definition) is 2. The van der Waals surface area contributed by atoms with Gasteiger partial charge < -0.3 is 19.7 Å². The fourth-order valence-corrected chi connectivity index (χ4v) is 6.45. The van der Waals surface area contributed by atoms with E-state index in [4.69, 9.17) is 26.1 Å². The summed E-state index contributed by atoms with van der Waals surface area (Å²) in [5, 5.41) is 21.9. The van der Waals surface area contributed by atoms with Crippen LogP contribution in [0.25, 0.3) is 0 Å². The lowest BCUT2D eigenvalue weighted by atomic mass is 9.57. The number of halogens is 1. The van der Waals surface area contributed by atoms with Gasteiger partial charge in [-0.1, -0.05) is 84.4 Å². The van der Waals surface area contributed by atoms with Gasteiger partial charge in [0.05, 0.1) is 0 Å². The molecule has 8 heteroatoms. The second-order valence-electron chi connectivity index (χ2n) is 10.2. The van der Waals surface area contributed by atoms with E-state index in [1.807, 2.05) is 60.7 Å². The normalized spacial score (nSPS) is 22.8. The molecule has 1 aliphatic rings. The van der Waals surface area contributed by atoms with Crippen LogP contribution in [0.5, 0.6) is 0 Å². The van der Waals surface area contributed by atoms with Gasteiger partial charge >= 0.3 is 11.9 Å². The first-order chi connectivity index (χ1) is 19.2. The summed E-state index contributed by atoms with van der Waals surface area (Å²) in [7, 11) is 2.86. The van der Waals surface area contributed by atoms with Crippen molar-refractivity contribution in [3.8, 4) is 0 Å². The van der Waals surface area contributed by atoms with Crippen molar-refractivity contribution >= 4 is 29.3 Å². The second kappa shape index (κ2) is 12.8. The minimum atomic E-state index is -1.70. The Morgan fingerprint density at radius 3 is 1.98 bits per heavy atom. The summed E-state index contributed by atoms with van der Waals surface area (Å²) in [5.41, 5.74) is 1.19. The van der Waals surface area contributed by atoms with Gasteiger partial charge in [0.15, 0.2) is 6.29 Å². The third-order valence-corrected chi connectivity index (χ3v) is 8.29. The van der Waals surface area contributed by atoms with Gasteiger partial charge in [-0.25, -0.2) is 0 Å². The van der Waals surface area contributed by atoms with Crippen LogP contribution in [-0.4, -0.2) is 54.4 Å². The lowest BCUT2D eigenvalue weighted by Gasteiger charge is -2.49. The van der Waals surface area contributed by atoms with Gasteiger partial charge in [-0.3, -0.25) is 14.6 Å². The number of ether oxygens (including phenoxy) is 2. The van der Waals surface area contributed by atoms with Gasteiger partial charge in [-0.15, -0.1) is 0 Å². The third-order valence-electron chi connectivity index (χ3n) is 8.05. The highest BCUT2D eigenvalue weighted by atomic mass is 35.5. The average molecular weight is 564 g/mol. The molecule has 0 bridgehead atoms. The van der Waals surface area contributed by atoms with Crippen LogP contribution in [0.2, 0.25) is 5.02 Å². The molecule has 0 spiro atoms. The molecule has 1 heterocycles. The summed E-state index contributed by atoms with van der Waals surface area (Å²) in [6.45, 7) is 1.62. The van der Waals surface area contributed by atoms with E-state index in [0.717, 1.165) is 11.1 Å². The predicted molar refractivity (Wildman–Crippen MR) is 154 cm³/mol.